The van der Waals surface area contributed by atoms with Crippen molar-refractivity contribution in [2.24, 2.45) is 0 Å². The van der Waals surface area contributed by atoms with Gasteiger partial charge in [-0.1, -0.05) is 23.8 Å². The molecular formula is C15H17NO2S. The number of anilines is 1. The third kappa shape index (κ3) is 3.35. The minimum atomic E-state index is -1.08. The minimum absolute atomic E-state index is 0.423. The van der Waals surface area contributed by atoms with Gasteiger partial charge in [-0.2, -0.15) is 0 Å². The maximum atomic E-state index is 12.3. The number of nitrogen functional groups attached to an aromatic ring is 1. The molecule has 1 atom stereocenters. The number of rotatable bonds is 4. The Morgan fingerprint density at radius 2 is 1.84 bits per heavy atom. The molecule has 0 aliphatic heterocycles. The summed E-state index contributed by atoms with van der Waals surface area (Å²) in [6.45, 7) is 2.01. The molecule has 0 amide bonds. The molecule has 2 aromatic rings. The van der Waals surface area contributed by atoms with Gasteiger partial charge in [0.1, 0.15) is 5.75 Å². The molecule has 2 aromatic carbocycles. The number of ether oxygens (including phenoxy) is 1. The van der Waals surface area contributed by atoms with Crippen LogP contribution in [0.2, 0.25) is 0 Å². The third-order valence-electron chi connectivity index (χ3n) is 2.88. The van der Waals surface area contributed by atoms with E-state index in [0.29, 0.717) is 17.2 Å². The van der Waals surface area contributed by atoms with Gasteiger partial charge in [-0.3, -0.25) is 4.21 Å². The van der Waals surface area contributed by atoms with Gasteiger partial charge in [-0.25, -0.2) is 0 Å². The van der Waals surface area contributed by atoms with Gasteiger partial charge in [0.2, 0.25) is 0 Å². The van der Waals surface area contributed by atoms with Gasteiger partial charge in [0.25, 0.3) is 0 Å². The number of aryl methyl sites for hydroxylation is 1. The van der Waals surface area contributed by atoms with Crippen molar-refractivity contribution in [3.8, 4) is 5.75 Å². The molecule has 4 heteroatoms. The Morgan fingerprint density at radius 1 is 1.16 bits per heavy atom. The summed E-state index contributed by atoms with van der Waals surface area (Å²) in [6.07, 6.45) is 0. The number of hydrogen-bond acceptors (Lipinski definition) is 3. The number of nitrogens with two attached hydrogens (primary N) is 1. The van der Waals surface area contributed by atoms with Crippen LogP contribution in [0.15, 0.2) is 47.4 Å². The molecule has 0 saturated carbocycles. The van der Waals surface area contributed by atoms with Crippen molar-refractivity contribution in [3.05, 3.63) is 53.6 Å². The van der Waals surface area contributed by atoms with Crippen LogP contribution in [0.25, 0.3) is 0 Å². The lowest BCUT2D eigenvalue weighted by Crippen LogP contribution is -2.00. The average molecular weight is 275 g/mol. The lowest BCUT2D eigenvalue weighted by atomic mass is 10.2. The fraction of sp³-hybridized carbons (Fsp3) is 0.200. The predicted molar refractivity (Wildman–Crippen MR) is 78.7 cm³/mol. The quantitative estimate of drug-likeness (QED) is 0.873. The van der Waals surface area contributed by atoms with Gasteiger partial charge in [-0.05, 0) is 25.1 Å². The highest BCUT2D eigenvalue weighted by Gasteiger charge is 2.09. The molecule has 19 heavy (non-hydrogen) atoms. The molecule has 2 rings (SSSR count). The predicted octanol–water partition coefficient (Wildman–Crippen LogP) is 2.89. The van der Waals surface area contributed by atoms with E-state index in [9.17, 15) is 4.21 Å². The summed E-state index contributed by atoms with van der Waals surface area (Å²) in [5.41, 5.74) is 8.40. The number of methoxy groups -OCH3 is 1. The topological polar surface area (TPSA) is 52.3 Å². The van der Waals surface area contributed by atoms with E-state index in [1.165, 1.54) is 0 Å². The molecule has 0 radical (unpaired) electrons. The van der Waals surface area contributed by atoms with E-state index >= 15 is 0 Å². The molecule has 0 aromatic heterocycles. The average Bonchev–Trinajstić information content (AvgIpc) is 2.41. The van der Waals surface area contributed by atoms with Crippen molar-refractivity contribution in [2.75, 3.05) is 12.8 Å². The molecule has 1 unspecified atom stereocenters. The smallest absolute Gasteiger partial charge is 0.125 e. The maximum absolute atomic E-state index is 12.3. The second-order valence-corrected chi connectivity index (χ2v) is 5.83. The second-order valence-electron chi connectivity index (χ2n) is 4.37. The van der Waals surface area contributed by atoms with Crippen molar-refractivity contribution in [3.63, 3.8) is 0 Å². The van der Waals surface area contributed by atoms with E-state index in [1.54, 1.807) is 19.2 Å². The zero-order valence-corrected chi connectivity index (χ0v) is 11.9. The molecule has 0 aliphatic carbocycles. The highest BCUT2D eigenvalue weighted by Crippen LogP contribution is 2.24. The van der Waals surface area contributed by atoms with Crippen LogP contribution in [0.1, 0.15) is 11.1 Å². The Morgan fingerprint density at radius 3 is 2.47 bits per heavy atom. The normalized spacial score (nSPS) is 12.1. The SMILES string of the molecule is COc1cc(N)ccc1CS(=O)c1ccc(C)cc1. The summed E-state index contributed by atoms with van der Waals surface area (Å²) in [6, 6.07) is 13.1. The zero-order chi connectivity index (χ0) is 13.8. The summed E-state index contributed by atoms with van der Waals surface area (Å²) < 4.78 is 17.6. The molecule has 0 spiro atoms. The first kappa shape index (κ1) is 13.6. The first-order valence-corrected chi connectivity index (χ1v) is 7.29. The van der Waals surface area contributed by atoms with Gasteiger partial charge >= 0.3 is 0 Å². The minimum Gasteiger partial charge on any atom is -0.496 e. The summed E-state index contributed by atoms with van der Waals surface area (Å²) in [4.78, 5) is 0.824. The van der Waals surface area contributed by atoms with Gasteiger partial charge in [0.05, 0.1) is 23.7 Å². The molecule has 2 N–H and O–H groups in total. The van der Waals surface area contributed by atoms with E-state index in [1.807, 2.05) is 37.3 Å². The molecule has 0 aliphatic rings. The molecule has 100 valence electrons. The lowest BCUT2D eigenvalue weighted by molar-refractivity contribution is 0.411. The number of hydrogen-bond donors (Lipinski definition) is 1. The van der Waals surface area contributed by atoms with Crippen LogP contribution >= 0.6 is 0 Å². The monoisotopic (exact) mass is 275 g/mol. The Bertz CT molecular complexity index is 594. The fourth-order valence-electron chi connectivity index (χ4n) is 1.80. The van der Waals surface area contributed by atoms with E-state index in [0.717, 1.165) is 16.0 Å². The van der Waals surface area contributed by atoms with Gasteiger partial charge in [0, 0.05) is 22.2 Å². The molecule has 0 bridgehead atoms. The highest BCUT2D eigenvalue weighted by atomic mass is 32.2. The fourth-order valence-corrected chi connectivity index (χ4v) is 2.92. The van der Waals surface area contributed by atoms with E-state index in [4.69, 9.17) is 10.5 Å². The van der Waals surface area contributed by atoms with Crippen LogP contribution in [-0.2, 0) is 16.6 Å². The summed E-state index contributed by atoms with van der Waals surface area (Å²) in [5.74, 6) is 1.10. The van der Waals surface area contributed by atoms with Crippen molar-refractivity contribution >= 4 is 16.5 Å². The van der Waals surface area contributed by atoms with Crippen molar-refractivity contribution in [1.82, 2.24) is 0 Å². The molecule has 0 heterocycles. The van der Waals surface area contributed by atoms with E-state index in [2.05, 4.69) is 0 Å². The Kier molecular flexibility index (Phi) is 4.22. The number of benzene rings is 2. The first-order chi connectivity index (χ1) is 9.10. The Balaban J connectivity index is 2.21. The summed E-state index contributed by atoms with van der Waals surface area (Å²) in [5, 5.41) is 0. The Hall–Kier alpha value is -1.81. The Labute approximate surface area is 115 Å². The molecule has 3 nitrogen and oxygen atoms in total. The molecular weight excluding hydrogens is 258 g/mol. The first-order valence-electron chi connectivity index (χ1n) is 5.97. The van der Waals surface area contributed by atoms with Crippen LogP contribution in [0.4, 0.5) is 5.69 Å². The second kappa shape index (κ2) is 5.89. The summed E-state index contributed by atoms with van der Waals surface area (Å²) in [7, 11) is 0.508. The third-order valence-corrected chi connectivity index (χ3v) is 4.25. The highest BCUT2D eigenvalue weighted by molar-refractivity contribution is 7.84. The largest absolute Gasteiger partial charge is 0.496 e. The standard InChI is InChI=1S/C15H17NO2S/c1-11-3-7-14(8-4-11)19(17)10-12-5-6-13(16)9-15(12)18-2/h3-9H,10,16H2,1-2H3. The van der Waals surface area contributed by atoms with Gasteiger partial charge in [0.15, 0.2) is 0 Å². The van der Waals surface area contributed by atoms with Crippen LogP contribution in [-0.4, -0.2) is 11.3 Å². The van der Waals surface area contributed by atoms with Crippen LogP contribution in [0, 0.1) is 6.92 Å². The van der Waals surface area contributed by atoms with E-state index in [-0.39, 0.29) is 0 Å². The summed E-state index contributed by atoms with van der Waals surface area (Å²) >= 11 is 0. The molecule has 0 fully saturated rings. The molecule has 0 saturated heterocycles. The van der Waals surface area contributed by atoms with Crippen LogP contribution in [0.5, 0.6) is 5.75 Å². The van der Waals surface area contributed by atoms with Gasteiger partial charge in [-0.15, -0.1) is 0 Å². The van der Waals surface area contributed by atoms with Crippen LogP contribution in [0.3, 0.4) is 0 Å². The van der Waals surface area contributed by atoms with E-state index < -0.39 is 10.8 Å². The zero-order valence-electron chi connectivity index (χ0n) is 11.1. The van der Waals surface area contributed by atoms with Crippen LogP contribution < -0.4 is 10.5 Å². The lowest BCUT2D eigenvalue weighted by Gasteiger charge is -2.09. The maximum Gasteiger partial charge on any atom is 0.125 e. The van der Waals surface area contributed by atoms with Crippen molar-refractivity contribution < 1.29 is 8.95 Å². The van der Waals surface area contributed by atoms with Gasteiger partial charge < -0.3 is 10.5 Å². The van der Waals surface area contributed by atoms with Crippen molar-refractivity contribution in [2.45, 2.75) is 17.6 Å². The van der Waals surface area contributed by atoms with Crippen molar-refractivity contribution in [1.29, 1.82) is 0 Å².